The van der Waals surface area contributed by atoms with E-state index in [4.69, 9.17) is 0 Å². The summed E-state index contributed by atoms with van der Waals surface area (Å²) in [5, 5.41) is 10.7. The molecule has 0 fully saturated rings. The quantitative estimate of drug-likeness (QED) is 0.777. The van der Waals surface area contributed by atoms with Gasteiger partial charge in [-0.15, -0.1) is 10.2 Å². The predicted octanol–water partition coefficient (Wildman–Crippen LogP) is 0.496. The molecule has 0 unspecified atom stereocenters. The second kappa shape index (κ2) is 6.79. The Kier molecular flexibility index (Phi) is 5.05. The summed E-state index contributed by atoms with van der Waals surface area (Å²) in [6, 6.07) is 6.78. The van der Waals surface area contributed by atoms with Crippen LogP contribution in [0.15, 0.2) is 35.5 Å². The number of hydrogen-bond acceptors (Lipinski definition) is 5. The van der Waals surface area contributed by atoms with Crippen molar-refractivity contribution in [1.82, 2.24) is 24.8 Å². The first-order valence-electron chi connectivity index (χ1n) is 6.66. The second-order valence-corrected chi connectivity index (χ2v) is 6.30. The highest BCUT2D eigenvalue weighted by molar-refractivity contribution is 7.89. The normalized spacial score (nSPS) is 11.7. The van der Waals surface area contributed by atoms with Gasteiger partial charge in [-0.1, -0.05) is 12.1 Å². The smallest absolute Gasteiger partial charge is 0.240 e. The van der Waals surface area contributed by atoms with Gasteiger partial charge in [0.15, 0.2) is 0 Å². The number of aryl methyl sites for hydroxylation is 1. The van der Waals surface area contributed by atoms with Crippen molar-refractivity contribution in [2.45, 2.75) is 31.5 Å². The summed E-state index contributed by atoms with van der Waals surface area (Å²) in [5.74, 6) is 0.591. The van der Waals surface area contributed by atoms with Crippen LogP contribution in [0.25, 0.3) is 0 Å². The summed E-state index contributed by atoms with van der Waals surface area (Å²) in [5.41, 5.74) is 1.03. The van der Waals surface area contributed by atoms with Crippen molar-refractivity contribution in [2.75, 3.05) is 7.05 Å². The fraction of sp³-hybridized carbons (Fsp3) is 0.385. The van der Waals surface area contributed by atoms with Gasteiger partial charge in [0, 0.05) is 13.1 Å². The minimum absolute atomic E-state index is 0.119. The first kappa shape index (κ1) is 15.6. The van der Waals surface area contributed by atoms with Crippen molar-refractivity contribution in [3.05, 3.63) is 42.0 Å². The van der Waals surface area contributed by atoms with Crippen molar-refractivity contribution in [3.8, 4) is 0 Å². The van der Waals surface area contributed by atoms with Crippen LogP contribution < -0.4 is 10.0 Å². The Bertz CT molecular complexity index is 679. The van der Waals surface area contributed by atoms with Crippen molar-refractivity contribution < 1.29 is 8.42 Å². The summed E-state index contributed by atoms with van der Waals surface area (Å²) >= 11 is 0. The van der Waals surface area contributed by atoms with Crippen LogP contribution in [0.4, 0.5) is 0 Å². The van der Waals surface area contributed by atoms with E-state index >= 15 is 0 Å². The van der Waals surface area contributed by atoms with Crippen LogP contribution in [0.2, 0.25) is 0 Å². The molecular formula is C13H19N5O2S. The molecule has 21 heavy (non-hydrogen) atoms. The maximum atomic E-state index is 12.2. The Hall–Kier alpha value is -1.77. The highest BCUT2D eigenvalue weighted by Gasteiger charge is 2.15. The zero-order valence-electron chi connectivity index (χ0n) is 12.1. The number of hydrogen-bond donors (Lipinski definition) is 2. The lowest BCUT2D eigenvalue weighted by molar-refractivity contribution is 0.575. The molecule has 1 aromatic carbocycles. The molecule has 7 nitrogen and oxygen atoms in total. The lowest BCUT2D eigenvalue weighted by atomic mass is 10.2. The van der Waals surface area contributed by atoms with E-state index in [0.29, 0.717) is 18.9 Å². The zero-order chi connectivity index (χ0) is 15.3. The lowest BCUT2D eigenvalue weighted by Gasteiger charge is -2.08. The first-order valence-corrected chi connectivity index (χ1v) is 8.15. The summed E-state index contributed by atoms with van der Waals surface area (Å²) in [6.45, 7) is 3.46. The van der Waals surface area contributed by atoms with Gasteiger partial charge in [0.25, 0.3) is 0 Å². The second-order valence-electron chi connectivity index (χ2n) is 4.53. The highest BCUT2D eigenvalue weighted by Crippen LogP contribution is 2.11. The maximum Gasteiger partial charge on any atom is 0.240 e. The highest BCUT2D eigenvalue weighted by atomic mass is 32.2. The third-order valence-electron chi connectivity index (χ3n) is 3.07. The van der Waals surface area contributed by atoms with Crippen LogP contribution in [0.5, 0.6) is 0 Å². The molecule has 0 bridgehead atoms. The molecule has 1 heterocycles. The van der Waals surface area contributed by atoms with Gasteiger partial charge in [-0.2, -0.15) is 0 Å². The molecular weight excluding hydrogens is 290 g/mol. The van der Waals surface area contributed by atoms with Gasteiger partial charge in [0.1, 0.15) is 12.2 Å². The Morgan fingerprint density at radius 3 is 2.52 bits per heavy atom. The Morgan fingerprint density at radius 1 is 1.19 bits per heavy atom. The molecule has 0 spiro atoms. The number of benzene rings is 1. The average Bonchev–Trinajstić information content (AvgIpc) is 2.94. The fourth-order valence-corrected chi connectivity index (χ4v) is 2.89. The molecule has 0 saturated carbocycles. The molecule has 0 aliphatic carbocycles. The van der Waals surface area contributed by atoms with Crippen molar-refractivity contribution >= 4 is 10.0 Å². The van der Waals surface area contributed by atoms with Crippen LogP contribution in [0.3, 0.4) is 0 Å². The Morgan fingerprint density at radius 2 is 1.90 bits per heavy atom. The van der Waals surface area contributed by atoms with Gasteiger partial charge in [-0.25, -0.2) is 13.1 Å². The van der Waals surface area contributed by atoms with Crippen molar-refractivity contribution in [2.24, 2.45) is 0 Å². The van der Waals surface area contributed by atoms with Crippen molar-refractivity contribution in [3.63, 3.8) is 0 Å². The number of nitrogens with zero attached hydrogens (tertiary/aromatic N) is 3. The van der Waals surface area contributed by atoms with Crippen molar-refractivity contribution in [1.29, 1.82) is 0 Å². The van der Waals surface area contributed by atoms with E-state index in [2.05, 4.69) is 20.2 Å². The first-order chi connectivity index (χ1) is 10.1. The Balaban J connectivity index is 2.07. The summed E-state index contributed by atoms with van der Waals surface area (Å²) in [7, 11) is -1.70. The van der Waals surface area contributed by atoms with Crippen LogP contribution in [0.1, 0.15) is 18.3 Å². The molecule has 0 aliphatic heterocycles. The topological polar surface area (TPSA) is 88.9 Å². The van der Waals surface area contributed by atoms with Crippen LogP contribution in [-0.4, -0.2) is 30.2 Å². The van der Waals surface area contributed by atoms with E-state index in [-0.39, 0.29) is 11.4 Å². The van der Waals surface area contributed by atoms with Gasteiger partial charge in [0.2, 0.25) is 10.0 Å². The van der Waals surface area contributed by atoms with E-state index < -0.39 is 10.0 Å². The third-order valence-corrected chi connectivity index (χ3v) is 4.49. The van der Waals surface area contributed by atoms with E-state index in [9.17, 15) is 8.42 Å². The number of aromatic nitrogens is 3. The van der Waals surface area contributed by atoms with E-state index in [0.717, 1.165) is 5.56 Å². The van der Waals surface area contributed by atoms with Gasteiger partial charge in [0.05, 0.1) is 11.4 Å². The fourth-order valence-electron chi connectivity index (χ4n) is 1.91. The number of sulfonamides is 1. The minimum atomic E-state index is -3.54. The molecule has 1 aromatic heterocycles. The largest absolute Gasteiger partial charge is 0.317 e. The molecule has 0 radical (unpaired) electrons. The summed E-state index contributed by atoms with van der Waals surface area (Å²) < 4.78 is 28.8. The van der Waals surface area contributed by atoms with E-state index in [1.165, 1.54) is 0 Å². The molecule has 0 saturated heterocycles. The summed E-state index contributed by atoms with van der Waals surface area (Å²) in [4.78, 5) is 0.241. The molecule has 2 N–H and O–H groups in total. The zero-order valence-corrected chi connectivity index (χ0v) is 12.9. The molecule has 2 aromatic rings. The minimum Gasteiger partial charge on any atom is -0.317 e. The van der Waals surface area contributed by atoms with E-state index in [1.807, 2.05) is 14.0 Å². The van der Waals surface area contributed by atoms with Crippen LogP contribution >= 0.6 is 0 Å². The lowest BCUT2D eigenvalue weighted by Crippen LogP contribution is -2.25. The molecule has 8 heteroatoms. The van der Waals surface area contributed by atoms with Crippen LogP contribution in [-0.2, 0) is 29.7 Å². The molecule has 0 aliphatic rings. The maximum absolute atomic E-state index is 12.2. The number of rotatable bonds is 7. The van der Waals surface area contributed by atoms with Crippen LogP contribution in [0, 0.1) is 0 Å². The van der Waals surface area contributed by atoms with Gasteiger partial charge >= 0.3 is 0 Å². The molecule has 0 amide bonds. The number of nitrogens with one attached hydrogen (secondary N) is 2. The SMILES string of the molecule is CCn1cnnc1CNS(=O)(=O)c1ccc(CNC)cc1. The molecule has 0 atom stereocenters. The van der Waals surface area contributed by atoms with Gasteiger partial charge < -0.3 is 9.88 Å². The van der Waals surface area contributed by atoms with Gasteiger partial charge in [-0.05, 0) is 31.7 Å². The standard InChI is InChI=1S/C13H19N5O2S/c1-3-18-10-15-17-13(18)9-16-21(19,20)12-6-4-11(5-7-12)8-14-2/h4-7,10,14,16H,3,8-9H2,1-2H3. The Labute approximate surface area is 124 Å². The average molecular weight is 309 g/mol. The molecule has 2 rings (SSSR count). The summed E-state index contributed by atoms with van der Waals surface area (Å²) in [6.07, 6.45) is 1.58. The third kappa shape index (κ3) is 3.87. The van der Waals surface area contributed by atoms with Gasteiger partial charge in [-0.3, -0.25) is 0 Å². The predicted molar refractivity (Wildman–Crippen MR) is 78.9 cm³/mol. The molecule has 114 valence electrons. The monoisotopic (exact) mass is 309 g/mol. The van der Waals surface area contributed by atoms with E-state index in [1.54, 1.807) is 35.2 Å².